The number of thiazole rings is 1. The largest absolute Gasteiger partial charge is 0.394 e. The van der Waals surface area contributed by atoms with E-state index in [1.807, 2.05) is 13.8 Å². The Morgan fingerprint density at radius 1 is 1.62 bits per heavy atom. The summed E-state index contributed by atoms with van der Waals surface area (Å²) in [7, 11) is 0. The molecule has 1 unspecified atom stereocenters. The van der Waals surface area contributed by atoms with Crippen LogP contribution in [0.15, 0.2) is 0 Å². The Balaban J connectivity index is 2.21. The van der Waals surface area contributed by atoms with Crippen molar-refractivity contribution in [3.05, 3.63) is 15.6 Å². The Bertz CT molecular complexity index is 403. The second kappa shape index (κ2) is 4.51. The summed E-state index contributed by atoms with van der Waals surface area (Å²) in [6, 6.07) is -0.00527. The zero-order valence-electron chi connectivity index (χ0n) is 9.56. The molecule has 0 saturated carbocycles. The Hall–Kier alpha value is -0.940. The number of amides is 1. The minimum absolute atomic E-state index is 0.00527. The van der Waals surface area contributed by atoms with E-state index < -0.39 is 0 Å². The zero-order valence-corrected chi connectivity index (χ0v) is 10.4. The molecule has 1 aromatic rings. The predicted octanol–water partition coefficient (Wildman–Crippen LogP) is 1.36. The van der Waals surface area contributed by atoms with Crippen LogP contribution in [0.2, 0.25) is 0 Å². The molecule has 0 spiro atoms. The van der Waals surface area contributed by atoms with Gasteiger partial charge in [-0.2, -0.15) is 0 Å². The number of hydrogen-bond donors (Lipinski definition) is 1. The van der Waals surface area contributed by atoms with Gasteiger partial charge >= 0.3 is 0 Å². The normalized spacial score (nSPS) is 20.4. The van der Waals surface area contributed by atoms with Crippen molar-refractivity contribution in [3.63, 3.8) is 0 Å². The van der Waals surface area contributed by atoms with Gasteiger partial charge in [-0.25, -0.2) is 4.98 Å². The molecule has 1 atom stereocenters. The maximum Gasteiger partial charge on any atom is 0.266 e. The van der Waals surface area contributed by atoms with Crippen LogP contribution in [0, 0.1) is 13.8 Å². The molecule has 4 nitrogen and oxygen atoms in total. The molecule has 0 radical (unpaired) electrons. The summed E-state index contributed by atoms with van der Waals surface area (Å²) in [5.74, 6) is 0.0275. The SMILES string of the molecule is Cc1nc(C)c(C(=O)N2CCCC2CO)s1. The first-order chi connectivity index (χ1) is 7.63. The Labute approximate surface area is 98.9 Å². The van der Waals surface area contributed by atoms with Gasteiger partial charge in [0, 0.05) is 6.54 Å². The number of aromatic nitrogens is 1. The number of nitrogens with zero attached hydrogens (tertiary/aromatic N) is 2. The van der Waals surface area contributed by atoms with Crippen LogP contribution in [0.25, 0.3) is 0 Å². The topological polar surface area (TPSA) is 53.4 Å². The van der Waals surface area contributed by atoms with Crippen molar-refractivity contribution in [2.75, 3.05) is 13.2 Å². The van der Waals surface area contributed by atoms with Crippen molar-refractivity contribution in [3.8, 4) is 0 Å². The summed E-state index contributed by atoms with van der Waals surface area (Å²) in [5, 5.41) is 10.1. The van der Waals surface area contributed by atoms with Gasteiger partial charge in [-0.05, 0) is 26.7 Å². The molecule has 88 valence electrons. The fourth-order valence-electron chi connectivity index (χ4n) is 2.15. The second-order valence-corrected chi connectivity index (χ2v) is 5.33. The number of likely N-dealkylation sites (tertiary alicyclic amines) is 1. The van der Waals surface area contributed by atoms with Gasteiger partial charge in [-0.15, -0.1) is 11.3 Å². The molecule has 0 aliphatic carbocycles. The van der Waals surface area contributed by atoms with Crippen molar-refractivity contribution in [1.82, 2.24) is 9.88 Å². The molecule has 2 heterocycles. The van der Waals surface area contributed by atoms with E-state index >= 15 is 0 Å². The van der Waals surface area contributed by atoms with E-state index in [2.05, 4.69) is 4.98 Å². The van der Waals surface area contributed by atoms with Crippen molar-refractivity contribution >= 4 is 17.2 Å². The Morgan fingerprint density at radius 2 is 2.38 bits per heavy atom. The molecule has 0 bridgehead atoms. The average molecular weight is 240 g/mol. The molecule has 1 N–H and O–H groups in total. The van der Waals surface area contributed by atoms with Gasteiger partial charge in [-0.1, -0.05) is 0 Å². The van der Waals surface area contributed by atoms with Crippen LogP contribution in [0.1, 0.15) is 33.2 Å². The fraction of sp³-hybridized carbons (Fsp3) is 0.636. The van der Waals surface area contributed by atoms with Gasteiger partial charge < -0.3 is 10.0 Å². The highest BCUT2D eigenvalue weighted by Gasteiger charge is 2.30. The number of carbonyl (C=O) groups excluding carboxylic acids is 1. The lowest BCUT2D eigenvalue weighted by molar-refractivity contribution is 0.0681. The molecule has 5 heteroatoms. The smallest absolute Gasteiger partial charge is 0.266 e. The lowest BCUT2D eigenvalue weighted by Gasteiger charge is -2.22. The summed E-state index contributed by atoms with van der Waals surface area (Å²) in [4.78, 5) is 19.0. The van der Waals surface area contributed by atoms with Crippen molar-refractivity contribution < 1.29 is 9.90 Å². The highest BCUT2D eigenvalue weighted by Crippen LogP contribution is 2.24. The monoisotopic (exact) mass is 240 g/mol. The third kappa shape index (κ3) is 1.97. The number of rotatable bonds is 2. The Kier molecular flexibility index (Phi) is 3.25. The number of carbonyl (C=O) groups is 1. The molecular weight excluding hydrogens is 224 g/mol. The lowest BCUT2D eigenvalue weighted by atomic mass is 10.2. The van der Waals surface area contributed by atoms with Crippen molar-refractivity contribution in [1.29, 1.82) is 0 Å². The van der Waals surface area contributed by atoms with Crippen LogP contribution in [-0.2, 0) is 0 Å². The van der Waals surface area contributed by atoms with Gasteiger partial charge in [0.25, 0.3) is 5.91 Å². The van der Waals surface area contributed by atoms with Crippen LogP contribution < -0.4 is 0 Å². The lowest BCUT2D eigenvalue weighted by Crippen LogP contribution is -2.37. The zero-order chi connectivity index (χ0) is 11.7. The van der Waals surface area contributed by atoms with E-state index in [0.717, 1.165) is 35.0 Å². The molecule has 1 aliphatic heterocycles. The minimum Gasteiger partial charge on any atom is -0.394 e. The van der Waals surface area contributed by atoms with E-state index in [-0.39, 0.29) is 18.6 Å². The van der Waals surface area contributed by atoms with Crippen LogP contribution in [0.3, 0.4) is 0 Å². The number of aliphatic hydroxyl groups excluding tert-OH is 1. The first-order valence-electron chi connectivity index (χ1n) is 5.49. The maximum atomic E-state index is 12.2. The molecule has 1 aliphatic rings. The van der Waals surface area contributed by atoms with E-state index in [4.69, 9.17) is 0 Å². The summed E-state index contributed by atoms with van der Waals surface area (Å²) >= 11 is 1.44. The van der Waals surface area contributed by atoms with Crippen LogP contribution in [-0.4, -0.2) is 40.1 Å². The van der Waals surface area contributed by atoms with Gasteiger partial charge in [0.05, 0.1) is 23.4 Å². The van der Waals surface area contributed by atoms with E-state index in [1.54, 1.807) is 4.90 Å². The van der Waals surface area contributed by atoms with E-state index in [9.17, 15) is 9.90 Å². The highest BCUT2D eigenvalue weighted by molar-refractivity contribution is 7.13. The van der Waals surface area contributed by atoms with E-state index in [0.29, 0.717) is 0 Å². The minimum atomic E-state index is -0.00527. The molecule has 2 rings (SSSR count). The summed E-state index contributed by atoms with van der Waals surface area (Å²) in [6.07, 6.45) is 1.88. The second-order valence-electron chi connectivity index (χ2n) is 4.12. The van der Waals surface area contributed by atoms with Gasteiger partial charge in [-0.3, -0.25) is 4.79 Å². The molecular formula is C11H16N2O2S. The first kappa shape index (κ1) is 11.5. The van der Waals surface area contributed by atoms with Gasteiger partial charge in [0.1, 0.15) is 4.88 Å². The summed E-state index contributed by atoms with van der Waals surface area (Å²) < 4.78 is 0. The molecule has 0 aromatic carbocycles. The Morgan fingerprint density at radius 3 is 2.94 bits per heavy atom. The van der Waals surface area contributed by atoms with Gasteiger partial charge in [0.15, 0.2) is 0 Å². The summed E-state index contributed by atoms with van der Waals surface area (Å²) in [5.41, 5.74) is 0.802. The molecule has 1 amide bonds. The average Bonchev–Trinajstić information content (AvgIpc) is 2.83. The number of aliphatic hydroxyl groups is 1. The maximum absolute atomic E-state index is 12.2. The van der Waals surface area contributed by atoms with E-state index in [1.165, 1.54) is 11.3 Å². The third-order valence-electron chi connectivity index (χ3n) is 2.95. The molecule has 16 heavy (non-hydrogen) atoms. The van der Waals surface area contributed by atoms with Crippen LogP contribution in [0.5, 0.6) is 0 Å². The van der Waals surface area contributed by atoms with Crippen molar-refractivity contribution in [2.45, 2.75) is 32.7 Å². The number of aryl methyl sites for hydroxylation is 2. The third-order valence-corrected chi connectivity index (χ3v) is 4.01. The molecule has 1 fully saturated rings. The van der Waals surface area contributed by atoms with Crippen LogP contribution in [0.4, 0.5) is 0 Å². The predicted molar refractivity (Wildman–Crippen MR) is 62.7 cm³/mol. The summed E-state index contributed by atoms with van der Waals surface area (Å²) in [6.45, 7) is 4.58. The first-order valence-corrected chi connectivity index (χ1v) is 6.31. The number of hydrogen-bond acceptors (Lipinski definition) is 4. The fourth-order valence-corrected chi connectivity index (χ4v) is 3.03. The van der Waals surface area contributed by atoms with Gasteiger partial charge in [0.2, 0.25) is 0 Å². The molecule has 1 saturated heterocycles. The standard InChI is InChI=1S/C11H16N2O2S/c1-7-10(16-8(2)12-7)11(15)13-5-3-4-9(13)6-14/h9,14H,3-6H2,1-2H3. The molecule has 1 aromatic heterocycles. The van der Waals surface area contributed by atoms with Crippen molar-refractivity contribution in [2.24, 2.45) is 0 Å². The highest BCUT2D eigenvalue weighted by atomic mass is 32.1. The van der Waals surface area contributed by atoms with Crippen LogP contribution >= 0.6 is 11.3 Å². The quantitative estimate of drug-likeness (QED) is 0.849.